The molecule has 2 aliphatic rings. The number of aryl methyl sites for hydroxylation is 1. The standard InChI is InChI=1S/C16H23N7O/c1-12-18-16(24)23(20-12)13-5-10-21(11-6-13)14-4-7-17-15(19-14)22-8-2-3-9-22/h4,7,13H,2-3,5-6,8-11H2,1H3,(H,18,20,24). The molecule has 128 valence electrons. The molecule has 4 rings (SSSR count). The highest BCUT2D eigenvalue weighted by molar-refractivity contribution is 5.44. The number of aromatic nitrogens is 5. The maximum absolute atomic E-state index is 11.9. The molecule has 4 heterocycles. The van der Waals surface area contributed by atoms with E-state index < -0.39 is 0 Å². The quantitative estimate of drug-likeness (QED) is 0.908. The number of hydrogen-bond donors (Lipinski definition) is 1. The molecule has 8 heteroatoms. The monoisotopic (exact) mass is 329 g/mol. The molecule has 0 amide bonds. The Labute approximate surface area is 140 Å². The van der Waals surface area contributed by atoms with Crippen LogP contribution in [0.5, 0.6) is 0 Å². The van der Waals surface area contributed by atoms with Gasteiger partial charge in [0, 0.05) is 32.4 Å². The van der Waals surface area contributed by atoms with Crippen LogP contribution in [0.3, 0.4) is 0 Å². The van der Waals surface area contributed by atoms with E-state index in [1.165, 1.54) is 12.8 Å². The van der Waals surface area contributed by atoms with Gasteiger partial charge in [0.2, 0.25) is 5.95 Å². The van der Waals surface area contributed by atoms with Gasteiger partial charge in [0.05, 0.1) is 6.04 Å². The second-order valence-electron chi connectivity index (χ2n) is 6.59. The second kappa shape index (κ2) is 6.26. The van der Waals surface area contributed by atoms with E-state index in [9.17, 15) is 4.79 Å². The van der Waals surface area contributed by atoms with Crippen molar-refractivity contribution in [2.75, 3.05) is 36.0 Å². The van der Waals surface area contributed by atoms with Gasteiger partial charge in [0.1, 0.15) is 11.6 Å². The van der Waals surface area contributed by atoms with Gasteiger partial charge in [-0.3, -0.25) is 4.98 Å². The molecular weight excluding hydrogens is 306 g/mol. The van der Waals surface area contributed by atoms with E-state index in [2.05, 4.69) is 24.9 Å². The van der Waals surface area contributed by atoms with Gasteiger partial charge in [0.25, 0.3) is 0 Å². The zero-order valence-electron chi connectivity index (χ0n) is 14.0. The summed E-state index contributed by atoms with van der Waals surface area (Å²) in [5, 5.41) is 4.30. The second-order valence-corrected chi connectivity index (χ2v) is 6.59. The van der Waals surface area contributed by atoms with Crippen molar-refractivity contribution in [2.24, 2.45) is 0 Å². The molecule has 2 fully saturated rings. The van der Waals surface area contributed by atoms with Crippen LogP contribution in [0.1, 0.15) is 37.5 Å². The number of piperidine rings is 1. The lowest BCUT2D eigenvalue weighted by atomic mass is 10.1. The van der Waals surface area contributed by atoms with Crippen molar-refractivity contribution in [1.29, 1.82) is 0 Å². The summed E-state index contributed by atoms with van der Waals surface area (Å²) in [5.41, 5.74) is -0.107. The van der Waals surface area contributed by atoms with Crippen molar-refractivity contribution < 1.29 is 0 Å². The van der Waals surface area contributed by atoms with Gasteiger partial charge in [-0.1, -0.05) is 0 Å². The molecule has 0 radical (unpaired) electrons. The van der Waals surface area contributed by atoms with Crippen molar-refractivity contribution in [3.8, 4) is 0 Å². The van der Waals surface area contributed by atoms with Gasteiger partial charge in [0.15, 0.2) is 0 Å². The summed E-state index contributed by atoms with van der Waals surface area (Å²) in [5.74, 6) is 2.50. The van der Waals surface area contributed by atoms with Crippen LogP contribution < -0.4 is 15.5 Å². The van der Waals surface area contributed by atoms with Crippen LogP contribution in [0.15, 0.2) is 17.1 Å². The highest BCUT2D eigenvalue weighted by Crippen LogP contribution is 2.25. The number of aromatic amines is 1. The third-order valence-corrected chi connectivity index (χ3v) is 4.91. The highest BCUT2D eigenvalue weighted by Gasteiger charge is 2.24. The molecular formula is C16H23N7O. The minimum absolute atomic E-state index is 0.107. The molecule has 0 saturated carbocycles. The first-order chi connectivity index (χ1) is 11.7. The number of nitrogens with one attached hydrogen (secondary N) is 1. The van der Waals surface area contributed by atoms with E-state index in [0.29, 0.717) is 5.82 Å². The lowest BCUT2D eigenvalue weighted by Crippen LogP contribution is -2.38. The Kier molecular flexibility index (Phi) is 3.95. The van der Waals surface area contributed by atoms with Gasteiger partial charge in [-0.15, -0.1) is 0 Å². The van der Waals surface area contributed by atoms with E-state index in [1.54, 1.807) is 4.68 Å². The predicted octanol–water partition coefficient (Wildman–Crippen LogP) is 1.11. The van der Waals surface area contributed by atoms with Crippen molar-refractivity contribution in [1.82, 2.24) is 24.7 Å². The normalized spacial score (nSPS) is 19.2. The topological polar surface area (TPSA) is 82.9 Å². The van der Waals surface area contributed by atoms with E-state index in [-0.39, 0.29) is 11.7 Å². The lowest BCUT2D eigenvalue weighted by Gasteiger charge is -2.32. The maximum atomic E-state index is 11.9. The smallest absolute Gasteiger partial charge is 0.343 e. The van der Waals surface area contributed by atoms with Crippen LogP contribution in [0.2, 0.25) is 0 Å². The molecule has 0 spiro atoms. The van der Waals surface area contributed by atoms with Crippen LogP contribution >= 0.6 is 0 Å². The molecule has 2 aromatic heterocycles. The summed E-state index contributed by atoms with van der Waals surface area (Å²) in [7, 11) is 0. The number of anilines is 2. The number of rotatable bonds is 3. The molecule has 2 aliphatic heterocycles. The summed E-state index contributed by atoms with van der Waals surface area (Å²) < 4.78 is 1.60. The Bertz CT molecular complexity index is 754. The number of H-pyrrole nitrogens is 1. The van der Waals surface area contributed by atoms with Crippen LogP contribution in [0.25, 0.3) is 0 Å². The van der Waals surface area contributed by atoms with Crippen molar-refractivity contribution >= 4 is 11.8 Å². The van der Waals surface area contributed by atoms with E-state index in [4.69, 9.17) is 4.98 Å². The fourth-order valence-electron chi connectivity index (χ4n) is 3.62. The first-order valence-corrected chi connectivity index (χ1v) is 8.69. The minimum atomic E-state index is -0.107. The SMILES string of the molecule is Cc1nn(C2CCN(c3ccnc(N4CCCC4)n3)CC2)c(=O)[nH]1. The van der Waals surface area contributed by atoms with Crippen LogP contribution in [0.4, 0.5) is 11.8 Å². The van der Waals surface area contributed by atoms with Crippen molar-refractivity contribution in [3.63, 3.8) is 0 Å². The summed E-state index contributed by atoms with van der Waals surface area (Å²) in [6, 6.07) is 2.14. The van der Waals surface area contributed by atoms with E-state index in [0.717, 1.165) is 50.8 Å². The average Bonchev–Trinajstić information content (AvgIpc) is 3.25. The Hall–Kier alpha value is -2.38. The van der Waals surface area contributed by atoms with Gasteiger partial charge >= 0.3 is 5.69 Å². The van der Waals surface area contributed by atoms with Gasteiger partial charge < -0.3 is 9.80 Å². The molecule has 2 saturated heterocycles. The predicted molar refractivity (Wildman–Crippen MR) is 91.5 cm³/mol. The Morgan fingerprint density at radius 1 is 1.12 bits per heavy atom. The highest BCUT2D eigenvalue weighted by atomic mass is 16.2. The molecule has 1 N–H and O–H groups in total. The van der Waals surface area contributed by atoms with Crippen molar-refractivity contribution in [2.45, 2.75) is 38.6 Å². The Morgan fingerprint density at radius 3 is 2.54 bits per heavy atom. The maximum Gasteiger partial charge on any atom is 0.343 e. The van der Waals surface area contributed by atoms with Gasteiger partial charge in [-0.2, -0.15) is 10.1 Å². The van der Waals surface area contributed by atoms with Crippen LogP contribution in [-0.2, 0) is 0 Å². The molecule has 24 heavy (non-hydrogen) atoms. The fourth-order valence-corrected chi connectivity index (χ4v) is 3.62. The molecule has 0 unspecified atom stereocenters. The fraction of sp³-hybridized carbons (Fsp3) is 0.625. The first-order valence-electron chi connectivity index (χ1n) is 8.69. The molecule has 0 bridgehead atoms. The summed E-state index contributed by atoms with van der Waals surface area (Å²) in [4.78, 5) is 28.3. The molecule has 0 aliphatic carbocycles. The summed E-state index contributed by atoms with van der Waals surface area (Å²) >= 11 is 0. The minimum Gasteiger partial charge on any atom is -0.356 e. The molecule has 8 nitrogen and oxygen atoms in total. The molecule has 0 aromatic carbocycles. The number of nitrogens with zero attached hydrogens (tertiary/aromatic N) is 6. The zero-order valence-corrected chi connectivity index (χ0v) is 14.0. The van der Waals surface area contributed by atoms with Gasteiger partial charge in [-0.25, -0.2) is 14.5 Å². The third-order valence-electron chi connectivity index (χ3n) is 4.91. The van der Waals surface area contributed by atoms with Gasteiger partial charge in [-0.05, 0) is 38.7 Å². The molecule has 2 aromatic rings. The van der Waals surface area contributed by atoms with Crippen molar-refractivity contribution in [3.05, 3.63) is 28.6 Å². The molecule has 0 atom stereocenters. The zero-order chi connectivity index (χ0) is 16.5. The average molecular weight is 329 g/mol. The first kappa shape index (κ1) is 15.2. The Balaban J connectivity index is 1.45. The largest absolute Gasteiger partial charge is 0.356 e. The lowest BCUT2D eigenvalue weighted by molar-refractivity contribution is 0.356. The van der Waals surface area contributed by atoms with E-state index in [1.807, 2.05) is 19.2 Å². The van der Waals surface area contributed by atoms with E-state index >= 15 is 0 Å². The van der Waals surface area contributed by atoms with Crippen LogP contribution in [0, 0.1) is 6.92 Å². The third kappa shape index (κ3) is 2.88. The number of hydrogen-bond acceptors (Lipinski definition) is 6. The Morgan fingerprint density at radius 2 is 1.88 bits per heavy atom. The summed E-state index contributed by atoms with van der Waals surface area (Å²) in [6.07, 6.45) is 6.08. The van der Waals surface area contributed by atoms with Crippen LogP contribution in [-0.4, -0.2) is 50.9 Å². The summed E-state index contributed by atoms with van der Waals surface area (Å²) in [6.45, 7) is 5.66.